The molecule has 0 radical (unpaired) electrons. The number of carbonyl (C=O) groups is 1. The number of sulfone groups is 1. The van der Waals surface area contributed by atoms with E-state index in [4.69, 9.17) is 33.4 Å². The first-order valence-corrected chi connectivity index (χ1v) is 14.8. The van der Waals surface area contributed by atoms with Gasteiger partial charge < -0.3 is 28.4 Å². The summed E-state index contributed by atoms with van der Waals surface area (Å²) in [7, 11) is 0.751. The van der Waals surface area contributed by atoms with E-state index < -0.39 is 62.9 Å². The number of hydrogen-bond donors (Lipinski definition) is 0. The first-order valence-electron chi connectivity index (χ1n) is 12.2. The van der Waals surface area contributed by atoms with Crippen LogP contribution in [0.15, 0.2) is 40.2 Å². The van der Waals surface area contributed by atoms with Gasteiger partial charge in [0.1, 0.15) is 35.4 Å². The zero-order chi connectivity index (χ0) is 28.1. The predicted octanol–water partition coefficient (Wildman–Crippen LogP) is 3.03. The number of rotatable bonds is 5. The number of hydrogen-bond acceptors (Lipinski definition) is 11. The molecule has 13 heteroatoms. The number of carbonyl (C=O) groups excluding carboxylic acids is 1. The molecule has 3 aliphatic heterocycles. The van der Waals surface area contributed by atoms with E-state index in [-0.39, 0.29) is 10.6 Å². The molecule has 2 fully saturated rings. The molecule has 1 amide bonds. The van der Waals surface area contributed by atoms with E-state index in [1.807, 2.05) is 0 Å². The predicted molar refractivity (Wildman–Crippen MR) is 141 cm³/mol. The topological polar surface area (TPSA) is 122 Å². The van der Waals surface area contributed by atoms with Gasteiger partial charge in [0.05, 0.1) is 10.6 Å². The maximum absolute atomic E-state index is 13.3. The SMILES string of the molecule is CO[C@@]1(C)O[C@@H]2[C@H]3N=C(N(C)C(=O)OC(C)(C)C)S[C@H]3O[C@H](CS(=O)(=O)c3ccccc3)[C@H]2O[C@]1(C)OC. The van der Waals surface area contributed by atoms with Crippen LogP contribution in [0, 0.1) is 0 Å². The van der Waals surface area contributed by atoms with E-state index >= 15 is 0 Å². The van der Waals surface area contributed by atoms with Crippen LogP contribution in [0.5, 0.6) is 0 Å². The average molecular weight is 573 g/mol. The Balaban J connectivity index is 1.67. The zero-order valence-corrected chi connectivity index (χ0v) is 24.5. The number of thioether (sulfide) groups is 1. The fourth-order valence-corrected chi connectivity index (χ4v) is 7.15. The summed E-state index contributed by atoms with van der Waals surface area (Å²) in [6.45, 7) is 8.68. The van der Waals surface area contributed by atoms with E-state index in [9.17, 15) is 13.2 Å². The number of methoxy groups -OCH3 is 2. The summed E-state index contributed by atoms with van der Waals surface area (Å²) in [4.78, 5) is 18.9. The van der Waals surface area contributed by atoms with Crippen molar-refractivity contribution in [1.82, 2.24) is 4.90 Å². The van der Waals surface area contributed by atoms with Crippen LogP contribution in [0.2, 0.25) is 0 Å². The summed E-state index contributed by atoms with van der Waals surface area (Å²) >= 11 is 1.20. The lowest BCUT2D eigenvalue weighted by molar-refractivity contribution is -0.462. The van der Waals surface area contributed by atoms with Crippen molar-refractivity contribution in [2.75, 3.05) is 27.0 Å². The Morgan fingerprint density at radius 2 is 1.66 bits per heavy atom. The molecule has 0 N–H and O–H groups in total. The van der Waals surface area contributed by atoms with Crippen molar-refractivity contribution in [3.05, 3.63) is 30.3 Å². The third-order valence-corrected chi connectivity index (χ3v) is 9.83. The normalized spacial score (nSPS) is 35.2. The van der Waals surface area contributed by atoms with Gasteiger partial charge in [-0.05, 0) is 46.8 Å². The van der Waals surface area contributed by atoms with Crippen molar-refractivity contribution < 1.29 is 41.6 Å². The molecule has 0 bridgehead atoms. The minimum atomic E-state index is -3.74. The Labute approximate surface area is 228 Å². The summed E-state index contributed by atoms with van der Waals surface area (Å²) in [5.74, 6) is -3.07. The number of nitrogens with zero attached hydrogens (tertiary/aromatic N) is 2. The Hall–Kier alpha value is -1.74. The molecule has 3 heterocycles. The van der Waals surface area contributed by atoms with E-state index in [0.717, 1.165) is 0 Å². The first kappa shape index (κ1) is 29.2. The smallest absolute Gasteiger partial charge is 0.416 e. The van der Waals surface area contributed by atoms with Gasteiger partial charge in [-0.1, -0.05) is 30.0 Å². The number of benzene rings is 1. The molecule has 3 aliphatic rings. The van der Waals surface area contributed by atoms with E-state index in [0.29, 0.717) is 5.17 Å². The Morgan fingerprint density at radius 1 is 1.08 bits per heavy atom. The van der Waals surface area contributed by atoms with Crippen molar-refractivity contribution in [2.45, 2.75) is 86.5 Å². The second kappa shape index (κ2) is 10.3. The molecule has 4 rings (SSSR count). The molecule has 0 spiro atoms. The first-order chi connectivity index (χ1) is 17.6. The van der Waals surface area contributed by atoms with Crippen molar-refractivity contribution in [3.8, 4) is 0 Å². The average Bonchev–Trinajstić information content (AvgIpc) is 3.28. The summed E-state index contributed by atoms with van der Waals surface area (Å²) in [5, 5.41) is 0.363. The third-order valence-electron chi connectivity index (χ3n) is 6.86. The van der Waals surface area contributed by atoms with Gasteiger partial charge in [-0.25, -0.2) is 13.2 Å². The highest BCUT2D eigenvalue weighted by molar-refractivity contribution is 8.14. The number of ether oxygens (including phenoxy) is 6. The largest absolute Gasteiger partial charge is 0.443 e. The highest BCUT2D eigenvalue weighted by atomic mass is 32.2. The minimum Gasteiger partial charge on any atom is -0.443 e. The van der Waals surface area contributed by atoms with Crippen LogP contribution in [-0.2, 0) is 38.3 Å². The fraction of sp³-hybridized carbons (Fsp3) is 0.680. The quantitative estimate of drug-likeness (QED) is 0.520. The molecule has 38 heavy (non-hydrogen) atoms. The molecule has 0 unspecified atom stereocenters. The van der Waals surface area contributed by atoms with Gasteiger partial charge in [0.2, 0.25) is 11.6 Å². The van der Waals surface area contributed by atoms with Gasteiger partial charge in [0, 0.05) is 21.3 Å². The molecule has 212 valence electrons. The third kappa shape index (κ3) is 5.47. The number of amidine groups is 1. The molecule has 7 atom stereocenters. The maximum atomic E-state index is 13.3. The molecular formula is C25H36N2O9S2. The van der Waals surface area contributed by atoms with Crippen LogP contribution in [0.25, 0.3) is 0 Å². The van der Waals surface area contributed by atoms with Gasteiger partial charge in [-0.3, -0.25) is 9.89 Å². The molecule has 0 aromatic heterocycles. The lowest BCUT2D eigenvalue weighted by atomic mass is 9.94. The Kier molecular flexibility index (Phi) is 7.96. The van der Waals surface area contributed by atoms with Crippen molar-refractivity contribution in [2.24, 2.45) is 4.99 Å². The number of amides is 1. The standard InChI is InChI=1S/C25H36N2O9S2/c1-23(2,3)36-22(28)27(6)21-26-17-19-18(34-24(4,31-7)25(5,32-8)35-19)16(33-20(17)37-21)14-38(29,30)15-12-10-9-11-13-15/h9-13,16-20H,14H2,1-8H3/t16-,17-,18-,19-,20-,24+,25+/m1/s1. The molecule has 11 nitrogen and oxygen atoms in total. The summed E-state index contributed by atoms with van der Waals surface area (Å²) < 4.78 is 62.7. The number of fused-ring (bicyclic) bond motifs is 3. The maximum Gasteiger partial charge on any atom is 0.416 e. The van der Waals surface area contributed by atoms with E-state index in [1.54, 1.807) is 72.0 Å². The van der Waals surface area contributed by atoms with Crippen LogP contribution in [0.4, 0.5) is 4.79 Å². The van der Waals surface area contributed by atoms with Gasteiger partial charge in [0.15, 0.2) is 15.0 Å². The Morgan fingerprint density at radius 3 is 2.21 bits per heavy atom. The van der Waals surface area contributed by atoms with Gasteiger partial charge in [0.25, 0.3) is 0 Å². The van der Waals surface area contributed by atoms with E-state index in [2.05, 4.69) is 0 Å². The van der Waals surface area contributed by atoms with E-state index in [1.165, 1.54) is 30.9 Å². The van der Waals surface area contributed by atoms with Crippen LogP contribution in [0.3, 0.4) is 0 Å². The lowest BCUT2D eigenvalue weighted by Gasteiger charge is -2.56. The second-order valence-corrected chi connectivity index (χ2v) is 13.8. The molecule has 1 aromatic carbocycles. The zero-order valence-electron chi connectivity index (χ0n) is 22.9. The second-order valence-electron chi connectivity index (χ2n) is 10.7. The Bertz CT molecular complexity index is 1170. The molecule has 2 saturated heterocycles. The summed E-state index contributed by atoms with van der Waals surface area (Å²) in [6.07, 6.45) is -3.11. The summed E-state index contributed by atoms with van der Waals surface area (Å²) in [5.41, 5.74) is -1.32. The minimum absolute atomic E-state index is 0.177. The van der Waals surface area contributed by atoms with Crippen molar-refractivity contribution in [3.63, 3.8) is 0 Å². The van der Waals surface area contributed by atoms with Crippen molar-refractivity contribution in [1.29, 1.82) is 0 Å². The van der Waals surface area contributed by atoms with Gasteiger partial charge in [-0.15, -0.1) is 0 Å². The van der Waals surface area contributed by atoms with Crippen LogP contribution >= 0.6 is 11.8 Å². The highest BCUT2D eigenvalue weighted by Crippen LogP contribution is 2.48. The van der Waals surface area contributed by atoms with Gasteiger partial charge in [-0.2, -0.15) is 0 Å². The molecule has 0 aliphatic carbocycles. The van der Waals surface area contributed by atoms with Crippen LogP contribution < -0.4 is 0 Å². The fourth-order valence-electron chi connectivity index (χ4n) is 4.51. The monoisotopic (exact) mass is 572 g/mol. The number of aliphatic imine (C=N–C) groups is 1. The molecular weight excluding hydrogens is 536 g/mol. The molecule has 0 saturated carbocycles. The van der Waals surface area contributed by atoms with Crippen LogP contribution in [0.1, 0.15) is 34.6 Å². The summed E-state index contributed by atoms with van der Waals surface area (Å²) in [6, 6.07) is 7.55. The lowest BCUT2D eigenvalue weighted by Crippen LogP contribution is -2.72. The highest BCUT2D eigenvalue weighted by Gasteiger charge is 2.64. The van der Waals surface area contributed by atoms with Gasteiger partial charge >= 0.3 is 6.09 Å². The molecule has 1 aromatic rings. The van der Waals surface area contributed by atoms with Crippen molar-refractivity contribution >= 4 is 32.9 Å². The van der Waals surface area contributed by atoms with Crippen LogP contribution in [-0.4, -0.2) is 98.6 Å².